The molecule has 10 aliphatic heterocycles. The minimum absolute atomic E-state index is 0.413. The molecule has 143 heavy (non-hydrogen) atoms. The van der Waals surface area contributed by atoms with E-state index >= 15 is 0 Å². The van der Waals surface area contributed by atoms with Gasteiger partial charge < -0.3 is 51.1 Å². The summed E-state index contributed by atoms with van der Waals surface area (Å²) in [6.45, 7) is 38.9. The first-order valence-electron chi connectivity index (χ1n) is 52.8. The lowest BCUT2D eigenvalue weighted by molar-refractivity contribution is 0.271. The van der Waals surface area contributed by atoms with Crippen LogP contribution in [0.2, 0.25) is 0 Å². The number of hydrogen-bond donors (Lipinski definition) is 5. The van der Waals surface area contributed by atoms with E-state index in [0.717, 1.165) is 187 Å². The first-order chi connectivity index (χ1) is 68.9. The van der Waals surface area contributed by atoms with Crippen LogP contribution in [0, 0.1) is 48.5 Å². The van der Waals surface area contributed by atoms with Crippen LogP contribution in [0.3, 0.4) is 0 Å². The lowest BCUT2D eigenvalue weighted by atomic mass is 9.92. The van der Waals surface area contributed by atoms with Gasteiger partial charge in [-0.1, -0.05) is 91.0 Å². The van der Waals surface area contributed by atoms with Crippen LogP contribution in [0.4, 0.5) is 28.4 Å². The van der Waals surface area contributed by atoms with Crippen molar-refractivity contribution in [3.63, 3.8) is 0 Å². The zero-order chi connectivity index (χ0) is 100. The fraction of sp³-hybridized carbons (Fsp3) is 0.504. The molecular formula is C117H164N20O3S3. The van der Waals surface area contributed by atoms with Crippen LogP contribution < -0.4 is 51.1 Å². The molecule has 0 spiro atoms. The van der Waals surface area contributed by atoms with E-state index in [1.54, 1.807) is 11.1 Å². The fourth-order valence-electron chi connectivity index (χ4n) is 22.7. The first-order valence-corrected chi connectivity index (χ1v) is 59.0. The summed E-state index contributed by atoms with van der Waals surface area (Å²) in [5.74, 6) is 15.9. The maximum atomic E-state index is 12.3. The Morgan fingerprint density at radius 2 is 0.552 bits per heavy atom. The maximum absolute atomic E-state index is 12.3. The van der Waals surface area contributed by atoms with Gasteiger partial charge in [0, 0.05) is 288 Å². The van der Waals surface area contributed by atoms with Crippen LogP contribution in [0.1, 0.15) is 162 Å². The maximum Gasteiger partial charge on any atom is 0.0573 e. The van der Waals surface area contributed by atoms with E-state index in [1.807, 2.05) is 43.1 Å². The number of anilines is 5. The number of benzene rings is 5. The molecule has 0 unspecified atom stereocenters. The predicted octanol–water partition coefficient (Wildman–Crippen LogP) is 13.9. The predicted molar refractivity (Wildman–Crippen MR) is 604 cm³/mol. The van der Waals surface area contributed by atoms with Gasteiger partial charge in [-0.05, 0) is 344 Å². The number of piperidine rings is 2. The topological polar surface area (TPSA) is 208 Å². The van der Waals surface area contributed by atoms with Gasteiger partial charge in [-0.15, -0.1) is 0 Å². The van der Waals surface area contributed by atoms with Crippen LogP contribution in [0.5, 0.6) is 0 Å². The van der Waals surface area contributed by atoms with E-state index < -0.39 is 28.6 Å². The van der Waals surface area contributed by atoms with Crippen LogP contribution in [0.15, 0.2) is 171 Å². The van der Waals surface area contributed by atoms with Crippen molar-refractivity contribution < 1.29 is 12.6 Å². The van der Waals surface area contributed by atoms with E-state index in [4.69, 9.17) is 0 Å². The highest BCUT2D eigenvalue weighted by atomic mass is 32.2. The summed E-state index contributed by atoms with van der Waals surface area (Å²) in [7, 11) is 5.33. The Hall–Kier alpha value is -9.49. The molecule has 5 aromatic carbocycles. The molecular weight excluding hydrogens is 1830 g/mol. The Kier molecular flexibility index (Phi) is 37.0. The highest BCUT2D eigenvalue weighted by molar-refractivity contribution is 8.01. The third-order valence-electron chi connectivity index (χ3n) is 30.8. The molecule has 0 radical (unpaired) electrons. The van der Waals surface area contributed by atoms with Crippen LogP contribution >= 0.6 is 0 Å². The summed E-state index contributed by atoms with van der Waals surface area (Å²) in [6, 6.07) is 52.8. The molecule has 5 atom stereocenters. The van der Waals surface area contributed by atoms with E-state index in [1.165, 1.54) is 188 Å². The highest BCUT2D eigenvalue weighted by Gasteiger charge is 2.34. The van der Waals surface area contributed by atoms with E-state index in [2.05, 4.69) is 329 Å². The zero-order valence-electron chi connectivity index (χ0n) is 88.0. The molecule has 10 aliphatic rings. The lowest BCUT2D eigenvalue weighted by Crippen LogP contribution is -2.45. The van der Waals surface area contributed by atoms with E-state index in [-0.39, 0.29) is 0 Å². The van der Waals surface area contributed by atoms with Crippen molar-refractivity contribution >= 4 is 74.6 Å². The molecule has 26 heteroatoms. The average molecular weight is 1990 g/mol. The van der Waals surface area contributed by atoms with Crippen LogP contribution in [-0.2, 0) is 126 Å². The Labute approximate surface area is 858 Å². The summed E-state index contributed by atoms with van der Waals surface area (Å²) < 4.78 is 36.8. The molecule has 0 aliphatic carbocycles. The van der Waals surface area contributed by atoms with E-state index in [9.17, 15) is 12.6 Å². The van der Waals surface area contributed by atoms with Crippen molar-refractivity contribution in [1.82, 2.24) is 76.0 Å². The number of aromatic nitrogens is 5. The Morgan fingerprint density at radius 3 is 0.811 bits per heavy atom. The lowest BCUT2D eigenvalue weighted by Gasteiger charge is -2.36. The molecule has 5 fully saturated rings. The largest absolute Gasteiger partial charge is 0.371 e. The molecule has 0 bridgehead atoms. The van der Waals surface area contributed by atoms with E-state index in [0.29, 0.717) is 64.7 Å². The molecule has 20 rings (SSSR count). The number of nitrogens with zero attached hydrogens (tertiary/aromatic N) is 15. The molecule has 5 saturated heterocycles. The third-order valence-corrected chi connectivity index (χ3v) is 36.4. The summed E-state index contributed by atoms with van der Waals surface area (Å²) in [4.78, 5) is 47.3. The number of nitrogens with one attached hydrogen (secondary N) is 5. The molecule has 768 valence electrons. The number of pyridine rings is 5. The van der Waals surface area contributed by atoms with Crippen molar-refractivity contribution in [1.29, 1.82) is 0 Å². The molecule has 5 N–H and O–H groups in total. The average Bonchev–Trinajstić information content (AvgIpc) is 0.795. The number of likely N-dealkylation sites (N-methyl/N-ethyl adjacent to an activating group) is 5. The second-order valence-corrected chi connectivity index (χ2v) is 51.3. The van der Waals surface area contributed by atoms with Gasteiger partial charge in [-0.25, -0.2) is 0 Å². The van der Waals surface area contributed by atoms with Gasteiger partial charge in [0.05, 0.1) is 28.5 Å². The van der Waals surface area contributed by atoms with Crippen LogP contribution in [0.25, 0.3) is 0 Å². The van der Waals surface area contributed by atoms with Crippen molar-refractivity contribution in [2.45, 2.75) is 215 Å². The smallest absolute Gasteiger partial charge is 0.0573 e. The fourth-order valence-corrected chi connectivity index (χ4v) is 26.6. The van der Waals surface area contributed by atoms with Crippen LogP contribution in [-0.4, -0.2) is 278 Å². The summed E-state index contributed by atoms with van der Waals surface area (Å²) in [6.07, 6.45) is 23.0. The SMILES string of the molecule is C=S1(=O)CCN(c2cccc3c2C[C@H](CN(C)Cc2ccc(C)cn2)NC3)CC1.C=S1(=O)CCN(c2cccc3c2C[C@H](CN(C)Cc2ncc(C)cc2C)NC3)CC1.C=S1(=O)CCN(c2cccc3c2C[C@H](CN(C)Cc2ncccc2C)NC3)CC1.Cc1cccnc1CN(C)C[C@H]1Cc2c(cccc2N2CCCCC2)CN1.Cc1cnc(CN(C)C[C@H]2Cc3c(cccc3N3CCCCC3)CN2)c(C)c1. The minimum Gasteiger partial charge on any atom is -0.371 e. The highest BCUT2D eigenvalue weighted by Crippen LogP contribution is 2.37. The van der Waals surface area contributed by atoms with Gasteiger partial charge >= 0.3 is 0 Å². The van der Waals surface area contributed by atoms with Crippen molar-refractivity contribution in [2.75, 3.05) is 192 Å². The molecule has 23 nitrogen and oxygen atoms in total. The standard InChI is InChI=1S/C24H34N4OS.C24H34N4.2C23H32N4OS.C23H32N4/c1-18-12-19(2)23(26-14-18)17-27(3)16-21-13-22-20(15-25-21)6-5-7-24(22)28-8-10-30(4,29)11-9-28;1-18-12-19(2)23(26-14-18)17-27(3)16-21-13-22-20(15-25-21)8-7-9-24(22)28-10-5-4-6-11-28;1-18-6-5-9-24-22(18)17-26(2)16-20-14-21-19(15-25-20)7-4-8-23(21)27-10-12-29(3,28)13-11-27;1-18-7-8-20(24-14-18)16-26(2)17-21-13-22-19(15-25-21)5-4-6-23(22)27-9-11-29(3,28)12-10-27;1-18-8-7-11-24-22(18)17-26(2)16-20-14-21-19(15-25-20)9-6-10-23(21)27-12-4-3-5-13-27/h5-7,12,14,21,25H,4,8-11,13,15-17H2,1-3H3;7-9,12,14,21,25H,4-6,10-11,13,15-17H2,1-3H3;4-9,20,25H,3,10-17H2,1-2H3;4-8,14,21,25H,3,9-13,15-17H2,1-2H3;6-11,20,25H,3-5,12-17H2,1-2H3/t2*21-;20-;21-;20-/m11111/s1. The first kappa shape index (κ1) is 106. The summed E-state index contributed by atoms with van der Waals surface area (Å²) >= 11 is 0. The molecule has 10 aromatic rings. The van der Waals surface area contributed by atoms with Crippen molar-refractivity contribution in [3.05, 3.63) is 294 Å². The van der Waals surface area contributed by atoms with Gasteiger partial charge in [0.15, 0.2) is 0 Å². The summed E-state index contributed by atoms with van der Waals surface area (Å²) in [5.41, 5.74) is 36.1. The number of aryl methyl sites for hydroxylation is 7. The minimum atomic E-state index is -1.87. The van der Waals surface area contributed by atoms with Gasteiger partial charge in [-0.3, -0.25) is 62.0 Å². The second-order valence-electron chi connectivity index (χ2n) is 43.1. The molecule has 5 aromatic heterocycles. The van der Waals surface area contributed by atoms with Gasteiger partial charge in [0.1, 0.15) is 0 Å². The van der Waals surface area contributed by atoms with Gasteiger partial charge in [0.25, 0.3) is 0 Å². The molecule has 15 heterocycles. The normalized spacial score (nSPS) is 20.6. The van der Waals surface area contributed by atoms with Gasteiger partial charge in [-0.2, -0.15) is 0 Å². The number of fused-ring (bicyclic) bond motifs is 5. The van der Waals surface area contributed by atoms with Gasteiger partial charge in [0.2, 0.25) is 0 Å². The van der Waals surface area contributed by atoms with Crippen molar-refractivity contribution in [2.24, 2.45) is 0 Å². The zero-order valence-corrected chi connectivity index (χ0v) is 90.5. The second kappa shape index (κ2) is 49.8. The Balaban J connectivity index is 0.000000128. The number of rotatable bonds is 25. The summed E-state index contributed by atoms with van der Waals surface area (Å²) in [5, 5.41) is 18.7. The molecule has 0 saturated carbocycles. The van der Waals surface area contributed by atoms with Crippen molar-refractivity contribution in [3.8, 4) is 0 Å². The Bertz CT molecular complexity index is 6220. The monoisotopic (exact) mass is 1990 g/mol. The quantitative estimate of drug-likeness (QED) is 0.0337. The number of hydrogen-bond acceptors (Lipinski definition) is 23. The Morgan fingerprint density at radius 1 is 0.294 bits per heavy atom. The molecule has 0 amide bonds. The third kappa shape index (κ3) is 29.7.